The first kappa shape index (κ1) is 16.7. The molecule has 1 aromatic rings. The Bertz CT molecular complexity index is 614. The summed E-state index contributed by atoms with van der Waals surface area (Å²) in [5.74, 6) is -0.427. The van der Waals surface area contributed by atoms with Crippen molar-refractivity contribution in [3.63, 3.8) is 0 Å². The van der Waals surface area contributed by atoms with E-state index in [1.54, 1.807) is 40.1 Å². The predicted molar refractivity (Wildman–Crippen MR) is 85.6 cm³/mol. The third kappa shape index (κ3) is 4.42. The molecule has 0 unspecified atom stereocenters. The molecule has 0 bridgehead atoms. The number of nitrogens with zero attached hydrogens (tertiary/aromatic N) is 2. The first-order valence-corrected chi connectivity index (χ1v) is 7.42. The Hall–Kier alpha value is -2.63. The van der Waals surface area contributed by atoms with Crippen LogP contribution >= 0.6 is 0 Å². The van der Waals surface area contributed by atoms with E-state index in [1.165, 1.54) is 20.1 Å². The molecule has 0 aliphatic carbocycles. The molecule has 1 aliphatic rings. The minimum Gasteiger partial charge on any atom is -0.465 e. The zero-order valence-corrected chi connectivity index (χ0v) is 13.3. The molecule has 1 heterocycles. The summed E-state index contributed by atoms with van der Waals surface area (Å²) in [6, 6.07) is 6.82. The lowest BCUT2D eigenvalue weighted by molar-refractivity contribution is -0.135. The van der Waals surface area contributed by atoms with Gasteiger partial charge in [0.1, 0.15) is 0 Å². The molecular weight excluding hydrogens is 296 g/mol. The number of carbonyl (C=O) groups is 3. The zero-order valence-electron chi connectivity index (χ0n) is 13.3. The van der Waals surface area contributed by atoms with Crippen LogP contribution in [0, 0.1) is 0 Å². The van der Waals surface area contributed by atoms with Crippen molar-refractivity contribution in [3.05, 3.63) is 41.5 Å². The Morgan fingerprint density at radius 1 is 1.00 bits per heavy atom. The number of rotatable bonds is 3. The fourth-order valence-corrected chi connectivity index (χ4v) is 2.36. The fourth-order valence-electron chi connectivity index (χ4n) is 2.36. The van der Waals surface area contributed by atoms with Gasteiger partial charge in [-0.1, -0.05) is 12.1 Å². The molecule has 0 aromatic heterocycles. The molecule has 1 aromatic carbocycles. The molecule has 0 N–H and O–H groups in total. The largest absolute Gasteiger partial charge is 0.465 e. The van der Waals surface area contributed by atoms with Crippen molar-refractivity contribution >= 4 is 23.9 Å². The number of esters is 1. The van der Waals surface area contributed by atoms with Gasteiger partial charge >= 0.3 is 5.97 Å². The molecule has 122 valence electrons. The van der Waals surface area contributed by atoms with Crippen LogP contribution in [0.4, 0.5) is 0 Å². The van der Waals surface area contributed by atoms with Crippen molar-refractivity contribution in [3.8, 4) is 0 Å². The van der Waals surface area contributed by atoms with Crippen LogP contribution in [-0.4, -0.2) is 60.9 Å². The highest BCUT2D eigenvalue weighted by molar-refractivity contribution is 5.92. The molecule has 0 atom stereocenters. The number of ether oxygens (including phenoxy) is 1. The van der Waals surface area contributed by atoms with Crippen molar-refractivity contribution in [2.45, 2.75) is 6.92 Å². The summed E-state index contributed by atoms with van der Waals surface area (Å²) in [4.78, 5) is 38.2. The highest BCUT2D eigenvalue weighted by Gasteiger charge is 2.20. The summed E-state index contributed by atoms with van der Waals surface area (Å²) in [5.41, 5.74) is 1.30. The fraction of sp³-hybridized carbons (Fsp3) is 0.353. The Balaban J connectivity index is 1.91. The normalized spacial score (nSPS) is 14.9. The van der Waals surface area contributed by atoms with Crippen LogP contribution in [0.1, 0.15) is 22.8 Å². The molecular formula is C17H20N2O4. The Morgan fingerprint density at radius 2 is 1.57 bits per heavy atom. The third-order valence-electron chi connectivity index (χ3n) is 3.79. The molecule has 0 radical (unpaired) electrons. The minimum absolute atomic E-state index is 0.0401. The van der Waals surface area contributed by atoms with Crippen molar-refractivity contribution in [1.82, 2.24) is 9.80 Å². The molecule has 6 heteroatoms. The maximum absolute atomic E-state index is 12.1. The first-order valence-electron chi connectivity index (χ1n) is 7.42. The monoisotopic (exact) mass is 316 g/mol. The number of piperazine rings is 1. The number of hydrogen-bond donors (Lipinski definition) is 0. The Morgan fingerprint density at radius 3 is 2.09 bits per heavy atom. The molecule has 2 rings (SSSR count). The highest BCUT2D eigenvalue weighted by Crippen LogP contribution is 2.09. The van der Waals surface area contributed by atoms with Gasteiger partial charge < -0.3 is 14.5 Å². The first-order chi connectivity index (χ1) is 11.0. The average molecular weight is 316 g/mol. The van der Waals surface area contributed by atoms with Crippen LogP contribution in [0.25, 0.3) is 6.08 Å². The summed E-state index contributed by atoms with van der Waals surface area (Å²) >= 11 is 0. The standard InChI is InChI=1S/C17H20N2O4/c1-13(20)18-9-11-19(12-10-18)16(21)8-5-14-3-6-15(7-4-14)17(22)23-2/h3-8H,9-12H2,1-2H3/b8-5+. The zero-order chi connectivity index (χ0) is 16.8. The van der Waals surface area contributed by atoms with Gasteiger partial charge in [0.25, 0.3) is 0 Å². The summed E-state index contributed by atoms with van der Waals surface area (Å²) < 4.78 is 4.63. The van der Waals surface area contributed by atoms with Crippen molar-refractivity contribution < 1.29 is 19.1 Å². The van der Waals surface area contributed by atoms with Crippen molar-refractivity contribution in [2.24, 2.45) is 0 Å². The highest BCUT2D eigenvalue weighted by atomic mass is 16.5. The van der Waals surface area contributed by atoms with E-state index in [9.17, 15) is 14.4 Å². The van der Waals surface area contributed by atoms with E-state index in [2.05, 4.69) is 4.74 Å². The van der Waals surface area contributed by atoms with E-state index >= 15 is 0 Å². The second-order valence-electron chi connectivity index (χ2n) is 5.28. The van der Waals surface area contributed by atoms with Crippen LogP contribution in [0.2, 0.25) is 0 Å². The van der Waals surface area contributed by atoms with Gasteiger partial charge in [0.15, 0.2) is 0 Å². The van der Waals surface area contributed by atoms with Crippen LogP contribution in [0.3, 0.4) is 0 Å². The summed E-state index contributed by atoms with van der Waals surface area (Å²) in [7, 11) is 1.33. The second-order valence-corrected chi connectivity index (χ2v) is 5.28. The van der Waals surface area contributed by atoms with E-state index in [0.717, 1.165) is 5.56 Å². The Kier molecular flexibility index (Phi) is 5.51. The van der Waals surface area contributed by atoms with E-state index in [-0.39, 0.29) is 17.8 Å². The average Bonchev–Trinajstić information content (AvgIpc) is 2.59. The van der Waals surface area contributed by atoms with Gasteiger partial charge in [-0.2, -0.15) is 0 Å². The van der Waals surface area contributed by atoms with Gasteiger partial charge in [-0.25, -0.2) is 4.79 Å². The lowest BCUT2D eigenvalue weighted by Crippen LogP contribution is -2.49. The van der Waals surface area contributed by atoms with Crippen LogP contribution in [0.15, 0.2) is 30.3 Å². The van der Waals surface area contributed by atoms with Gasteiger partial charge in [-0.15, -0.1) is 0 Å². The van der Waals surface area contributed by atoms with Crippen LogP contribution < -0.4 is 0 Å². The number of carbonyl (C=O) groups excluding carboxylic acids is 3. The summed E-state index contributed by atoms with van der Waals surface area (Å²) in [6.07, 6.45) is 3.22. The van der Waals surface area contributed by atoms with Gasteiger partial charge in [0, 0.05) is 39.2 Å². The van der Waals surface area contributed by atoms with Gasteiger partial charge in [0.2, 0.25) is 11.8 Å². The van der Waals surface area contributed by atoms with Crippen LogP contribution in [0.5, 0.6) is 0 Å². The lowest BCUT2D eigenvalue weighted by atomic mass is 10.1. The minimum atomic E-state index is -0.389. The molecule has 2 amide bonds. The van der Waals surface area contributed by atoms with Gasteiger partial charge in [0.05, 0.1) is 12.7 Å². The van der Waals surface area contributed by atoms with Gasteiger partial charge in [-0.3, -0.25) is 9.59 Å². The summed E-state index contributed by atoms with van der Waals surface area (Å²) in [5, 5.41) is 0. The van der Waals surface area contributed by atoms with E-state index in [0.29, 0.717) is 31.7 Å². The Labute approximate surface area is 135 Å². The predicted octanol–water partition coefficient (Wildman–Crippen LogP) is 1.18. The number of amides is 2. The van der Waals surface area contributed by atoms with E-state index < -0.39 is 0 Å². The number of methoxy groups -OCH3 is 1. The van der Waals surface area contributed by atoms with E-state index in [4.69, 9.17) is 0 Å². The SMILES string of the molecule is COC(=O)c1ccc(/C=C/C(=O)N2CCN(C(C)=O)CC2)cc1. The molecule has 23 heavy (non-hydrogen) atoms. The number of hydrogen-bond acceptors (Lipinski definition) is 4. The molecule has 1 fully saturated rings. The second kappa shape index (κ2) is 7.58. The smallest absolute Gasteiger partial charge is 0.337 e. The molecule has 0 spiro atoms. The molecule has 6 nitrogen and oxygen atoms in total. The molecule has 1 aliphatic heterocycles. The maximum atomic E-state index is 12.1. The van der Waals surface area contributed by atoms with Crippen molar-refractivity contribution in [2.75, 3.05) is 33.3 Å². The van der Waals surface area contributed by atoms with E-state index in [1.807, 2.05) is 0 Å². The maximum Gasteiger partial charge on any atom is 0.337 e. The third-order valence-corrected chi connectivity index (χ3v) is 3.79. The molecule has 1 saturated heterocycles. The molecule has 0 saturated carbocycles. The quantitative estimate of drug-likeness (QED) is 0.620. The van der Waals surface area contributed by atoms with Gasteiger partial charge in [-0.05, 0) is 23.8 Å². The topological polar surface area (TPSA) is 66.9 Å². The van der Waals surface area contributed by atoms with Crippen molar-refractivity contribution in [1.29, 1.82) is 0 Å². The summed E-state index contributed by atoms with van der Waals surface area (Å²) in [6.45, 7) is 3.77. The lowest BCUT2D eigenvalue weighted by Gasteiger charge is -2.33. The number of benzene rings is 1. The van der Waals surface area contributed by atoms with Crippen LogP contribution in [-0.2, 0) is 14.3 Å².